The molecule has 0 bridgehead atoms. The molecule has 4 heterocycles. The van der Waals surface area contributed by atoms with Crippen LogP contribution in [0.1, 0.15) is 55.3 Å². The van der Waals surface area contributed by atoms with Crippen LogP contribution in [0.25, 0.3) is 10.2 Å². The average Bonchev–Trinajstić information content (AvgIpc) is 3.30. The number of nitrogens with zero attached hydrogens (tertiary/aromatic N) is 4. The molecule has 2 saturated heterocycles. The Kier molecular flexibility index (Phi) is 5.20. The SMILES string of the molecule is CC1CCN(Cc2nc(N3CCC[C@H](C(N)=O)C3)c3c4c(sc3n2)CCC4)CC1. The summed E-state index contributed by atoms with van der Waals surface area (Å²) in [5.74, 6) is 2.55. The van der Waals surface area contributed by atoms with Crippen LogP contribution in [0.15, 0.2) is 0 Å². The molecule has 0 radical (unpaired) electrons. The minimum Gasteiger partial charge on any atom is -0.369 e. The number of thiophene rings is 1. The number of aromatic nitrogens is 2. The molecule has 0 saturated carbocycles. The Hall–Kier alpha value is -1.73. The highest BCUT2D eigenvalue weighted by molar-refractivity contribution is 7.19. The molecule has 0 spiro atoms. The average molecular weight is 414 g/mol. The highest BCUT2D eigenvalue weighted by Gasteiger charge is 2.30. The lowest BCUT2D eigenvalue weighted by Crippen LogP contribution is -2.41. The number of primary amides is 1. The van der Waals surface area contributed by atoms with Crippen molar-refractivity contribution in [2.24, 2.45) is 17.6 Å². The Labute approximate surface area is 176 Å². The first kappa shape index (κ1) is 19.2. The molecule has 2 N–H and O–H groups in total. The predicted octanol–water partition coefficient (Wildman–Crippen LogP) is 3.11. The number of anilines is 1. The van der Waals surface area contributed by atoms with Crippen molar-refractivity contribution in [1.82, 2.24) is 14.9 Å². The third-order valence-electron chi connectivity index (χ3n) is 6.96. The van der Waals surface area contributed by atoms with Crippen LogP contribution in [0.5, 0.6) is 0 Å². The summed E-state index contributed by atoms with van der Waals surface area (Å²) in [7, 11) is 0. The van der Waals surface area contributed by atoms with Crippen LogP contribution in [0.2, 0.25) is 0 Å². The van der Waals surface area contributed by atoms with Gasteiger partial charge in [-0.05, 0) is 69.5 Å². The van der Waals surface area contributed by atoms with E-state index in [9.17, 15) is 4.79 Å². The van der Waals surface area contributed by atoms with E-state index in [0.717, 1.165) is 67.8 Å². The summed E-state index contributed by atoms with van der Waals surface area (Å²) < 4.78 is 0. The van der Waals surface area contributed by atoms with E-state index in [1.54, 1.807) is 0 Å². The van der Waals surface area contributed by atoms with E-state index in [1.807, 2.05) is 11.3 Å². The van der Waals surface area contributed by atoms with E-state index in [4.69, 9.17) is 15.7 Å². The number of hydrogen-bond donors (Lipinski definition) is 1. The van der Waals surface area contributed by atoms with E-state index < -0.39 is 0 Å². The summed E-state index contributed by atoms with van der Waals surface area (Å²) in [5, 5.41) is 1.25. The van der Waals surface area contributed by atoms with Gasteiger partial charge in [0.05, 0.1) is 17.8 Å². The van der Waals surface area contributed by atoms with Crippen molar-refractivity contribution in [3.8, 4) is 0 Å². The van der Waals surface area contributed by atoms with Crippen molar-refractivity contribution in [2.45, 2.75) is 58.4 Å². The molecule has 6 nitrogen and oxygen atoms in total. The van der Waals surface area contributed by atoms with Gasteiger partial charge in [0, 0.05) is 18.0 Å². The van der Waals surface area contributed by atoms with Crippen LogP contribution in [0.4, 0.5) is 5.82 Å². The van der Waals surface area contributed by atoms with E-state index in [1.165, 1.54) is 41.5 Å². The van der Waals surface area contributed by atoms with Crippen LogP contribution in [-0.2, 0) is 24.2 Å². The molecular weight excluding hydrogens is 382 g/mol. The summed E-state index contributed by atoms with van der Waals surface area (Å²) in [4.78, 5) is 29.4. The van der Waals surface area contributed by atoms with Gasteiger partial charge in [0.1, 0.15) is 16.5 Å². The molecule has 2 fully saturated rings. The molecule has 1 aliphatic carbocycles. The molecular formula is C22H31N5OS. The second-order valence-electron chi connectivity index (χ2n) is 9.15. The fourth-order valence-electron chi connectivity index (χ4n) is 5.14. The largest absolute Gasteiger partial charge is 0.369 e. The Morgan fingerprint density at radius 2 is 1.97 bits per heavy atom. The summed E-state index contributed by atoms with van der Waals surface area (Å²) in [6, 6.07) is 0. The summed E-state index contributed by atoms with van der Waals surface area (Å²) >= 11 is 1.86. The zero-order chi connectivity index (χ0) is 20.0. The topological polar surface area (TPSA) is 75.3 Å². The van der Waals surface area contributed by atoms with Crippen LogP contribution >= 0.6 is 11.3 Å². The highest BCUT2D eigenvalue weighted by Crippen LogP contribution is 2.41. The van der Waals surface area contributed by atoms with Crippen LogP contribution < -0.4 is 10.6 Å². The smallest absolute Gasteiger partial charge is 0.222 e. The van der Waals surface area contributed by atoms with Crippen molar-refractivity contribution < 1.29 is 4.79 Å². The fourth-order valence-corrected chi connectivity index (χ4v) is 6.42. The van der Waals surface area contributed by atoms with Crippen LogP contribution in [0, 0.1) is 11.8 Å². The van der Waals surface area contributed by atoms with Crippen molar-refractivity contribution in [3.63, 3.8) is 0 Å². The van der Waals surface area contributed by atoms with Gasteiger partial charge < -0.3 is 10.6 Å². The lowest BCUT2D eigenvalue weighted by molar-refractivity contribution is -0.122. The minimum absolute atomic E-state index is 0.0764. The van der Waals surface area contributed by atoms with Gasteiger partial charge in [0.2, 0.25) is 5.91 Å². The quantitative estimate of drug-likeness (QED) is 0.834. The number of carbonyl (C=O) groups is 1. The summed E-state index contributed by atoms with van der Waals surface area (Å²) in [5.41, 5.74) is 7.11. The molecule has 0 aromatic carbocycles. The molecule has 1 atom stereocenters. The second kappa shape index (κ2) is 7.84. The fraction of sp³-hybridized carbons (Fsp3) is 0.682. The second-order valence-corrected chi connectivity index (χ2v) is 10.2. The molecule has 7 heteroatoms. The number of carbonyl (C=O) groups excluding carboxylic acids is 1. The molecule has 0 unspecified atom stereocenters. The Balaban J connectivity index is 1.50. The Morgan fingerprint density at radius 3 is 2.76 bits per heavy atom. The Morgan fingerprint density at radius 1 is 1.14 bits per heavy atom. The number of fused-ring (bicyclic) bond motifs is 3. The summed E-state index contributed by atoms with van der Waals surface area (Å²) in [6.07, 6.45) is 7.92. The molecule has 2 aromatic heterocycles. The number of piperidine rings is 2. The van der Waals surface area contributed by atoms with Gasteiger partial charge in [0.25, 0.3) is 0 Å². The van der Waals surface area contributed by atoms with Gasteiger partial charge in [-0.25, -0.2) is 9.97 Å². The lowest BCUT2D eigenvalue weighted by atomic mass is 9.97. The van der Waals surface area contributed by atoms with Gasteiger partial charge in [-0.2, -0.15) is 0 Å². The van der Waals surface area contributed by atoms with Gasteiger partial charge in [-0.1, -0.05) is 6.92 Å². The maximum Gasteiger partial charge on any atom is 0.222 e. The number of rotatable bonds is 4. The maximum atomic E-state index is 11.8. The van der Waals surface area contributed by atoms with E-state index in [0.29, 0.717) is 6.54 Å². The zero-order valence-electron chi connectivity index (χ0n) is 17.3. The predicted molar refractivity (Wildman–Crippen MR) is 117 cm³/mol. The highest BCUT2D eigenvalue weighted by atomic mass is 32.1. The van der Waals surface area contributed by atoms with Gasteiger partial charge in [0.15, 0.2) is 0 Å². The van der Waals surface area contributed by atoms with Gasteiger partial charge >= 0.3 is 0 Å². The van der Waals surface area contributed by atoms with Crippen LogP contribution in [-0.4, -0.2) is 47.0 Å². The molecule has 5 rings (SSSR count). The summed E-state index contributed by atoms with van der Waals surface area (Å²) in [6.45, 7) is 7.06. The van der Waals surface area contributed by atoms with Crippen LogP contribution in [0.3, 0.4) is 0 Å². The van der Waals surface area contributed by atoms with E-state index >= 15 is 0 Å². The lowest BCUT2D eigenvalue weighted by Gasteiger charge is -2.33. The van der Waals surface area contributed by atoms with Crippen molar-refractivity contribution in [3.05, 3.63) is 16.3 Å². The number of nitrogens with two attached hydrogens (primary N) is 1. The molecule has 3 aliphatic rings. The van der Waals surface area contributed by atoms with Crippen molar-refractivity contribution in [2.75, 3.05) is 31.1 Å². The first-order chi connectivity index (χ1) is 14.1. The third-order valence-corrected chi connectivity index (χ3v) is 8.14. The number of hydrogen-bond acceptors (Lipinski definition) is 6. The maximum absolute atomic E-state index is 11.8. The third kappa shape index (κ3) is 3.75. The number of likely N-dealkylation sites (tertiary alicyclic amines) is 1. The first-order valence-electron chi connectivity index (χ1n) is 11.2. The van der Waals surface area contributed by atoms with E-state index in [-0.39, 0.29) is 11.8 Å². The minimum atomic E-state index is -0.182. The number of aryl methyl sites for hydroxylation is 2. The molecule has 2 aliphatic heterocycles. The molecule has 156 valence electrons. The van der Waals surface area contributed by atoms with Crippen molar-refractivity contribution >= 4 is 33.3 Å². The first-order valence-corrected chi connectivity index (χ1v) is 12.0. The van der Waals surface area contributed by atoms with Gasteiger partial charge in [-0.3, -0.25) is 9.69 Å². The van der Waals surface area contributed by atoms with Crippen molar-refractivity contribution in [1.29, 1.82) is 0 Å². The normalized spacial score (nSPS) is 23.6. The molecule has 1 amide bonds. The molecule has 2 aromatic rings. The van der Waals surface area contributed by atoms with E-state index in [2.05, 4.69) is 16.7 Å². The zero-order valence-corrected chi connectivity index (χ0v) is 18.1. The molecule has 29 heavy (non-hydrogen) atoms. The Bertz CT molecular complexity index is 918. The standard InChI is InChI=1S/C22H31N5OS/c1-14-7-10-26(11-8-14)13-18-24-21(27-9-3-4-15(12-27)20(23)28)19-16-5-2-6-17(16)29-22(19)25-18/h14-15H,2-13H2,1H3,(H2,23,28)/t15-/m0/s1. The number of amides is 1. The monoisotopic (exact) mass is 413 g/mol. The van der Waals surface area contributed by atoms with Gasteiger partial charge in [-0.15, -0.1) is 11.3 Å².